The minimum atomic E-state index is -0.801. The summed E-state index contributed by atoms with van der Waals surface area (Å²) >= 11 is 12.9. The maximum atomic E-state index is 13.8. The highest BCUT2D eigenvalue weighted by molar-refractivity contribution is 6.35. The van der Waals surface area contributed by atoms with Crippen molar-refractivity contribution in [3.05, 3.63) is 123 Å². The van der Waals surface area contributed by atoms with Crippen LogP contribution in [0.5, 0.6) is 11.5 Å². The summed E-state index contributed by atoms with van der Waals surface area (Å²) in [4.78, 5) is 33.4. The molecule has 0 aliphatic carbocycles. The molecule has 0 amide bonds. The number of aromatic nitrogens is 1. The van der Waals surface area contributed by atoms with E-state index in [1.54, 1.807) is 54.6 Å². The van der Waals surface area contributed by atoms with Gasteiger partial charge in [-0.15, -0.1) is 0 Å². The van der Waals surface area contributed by atoms with Crippen molar-refractivity contribution in [1.82, 2.24) is 15.2 Å². The molecule has 0 saturated carbocycles. The first-order valence-corrected chi connectivity index (χ1v) is 17.2. The first-order chi connectivity index (χ1) is 24.2. The number of carbonyl (C=O) groups excluding carboxylic acids is 2. The molecule has 1 aromatic heterocycles. The van der Waals surface area contributed by atoms with Crippen LogP contribution in [-0.2, 0) is 27.2 Å². The van der Waals surface area contributed by atoms with E-state index in [1.807, 2.05) is 0 Å². The Balaban J connectivity index is 1.16. The van der Waals surface area contributed by atoms with Crippen LogP contribution in [0.25, 0.3) is 0 Å². The van der Waals surface area contributed by atoms with Gasteiger partial charge in [0.25, 0.3) is 0 Å². The van der Waals surface area contributed by atoms with Gasteiger partial charge in [-0.25, -0.2) is 14.0 Å². The fraction of sp³-hybridized carbons (Fsp3) is 0.342. The third-order valence-corrected chi connectivity index (χ3v) is 10.0. The molecular formula is C38H38Cl2FN3O6. The zero-order valence-corrected chi connectivity index (χ0v) is 29.3. The molecule has 3 atom stereocenters. The highest BCUT2D eigenvalue weighted by Crippen LogP contribution is 2.36. The van der Waals surface area contributed by atoms with Crippen LogP contribution in [0, 0.1) is 11.7 Å². The minimum Gasteiger partial charge on any atom is -0.493 e. The Kier molecular flexibility index (Phi) is 11.5. The molecular weight excluding hydrogens is 684 g/mol. The largest absolute Gasteiger partial charge is 0.493 e. The number of fused-ring (bicyclic) bond motifs is 3. The Labute approximate surface area is 300 Å². The number of pyridine rings is 1. The van der Waals surface area contributed by atoms with Crippen molar-refractivity contribution in [2.45, 2.75) is 44.1 Å². The molecule has 1 N–H and O–H groups in total. The van der Waals surface area contributed by atoms with E-state index < -0.39 is 24.1 Å². The molecule has 4 aromatic rings. The van der Waals surface area contributed by atoms with E-state index in [0.29, 0.717) is 56.3 Å². The lowest BCUT2D eigenvalue weighted by Crippen LogP contribution is -2.52. The number of halogens is 3. The Hall–Kier alpha value is -4.22. The van der Waals surface area contributed by atoms with Crippen molar-refractivity contribution in [1.29, 1.82) is 0 Å². The second-order valence-corrected chi connectivity index (χ2v) is 13.3. The molecule has 3 aliphatic heterocycles. The highest BCUT2D eigenvalue weighted by atomic mass is 35.5. The number of rotatable bonds is 13. The van der Waals surface area contributed by atoms with E-state index in [9.17, 15) is 14.0 Å². The van der Waals surface area contributed by atoms with Crippen molar-refractivity contribution < 1.29 is 32.9 Å². The molecule has 1 unspecified atom stereocenters. The monoisotopic (exact) mass is 721 g/mol. The van der Waals surface area contributed by atoms with Gasteiger partial charge in [0.2, 0.25) is 0 Å². The van der Waals surface area contributed by atoms with Gasteiger partial charge in [0.05, 0.1) is 29.8 Å². The molecule has 3 aromatic carbocycles. The number of carbonyl (C=O) groups is 2. The average molecular weight is 723 g/mol. The van der Waals surface area contributed by atoms with Crippen molar-refractivity contribution in [2.24, 2.45) is 5.92 Å². The van der Waals surface area contributed by atoms with Crippen molar-refractivity contribution in [3.63, 3.8) is 0 Å². The number of nitrogens with one attached hydrogen (secondary N) is 1. The first kappa shape index (κ1) is 35.6. The van der Waals surface area contributed by atoms with Gasteiger partial charge >= 0.3 is 11.9 Å². The summed E-state index contributed by atoms with van der Waals surface area (Å²) in [6, 6.07) is 17.2. The second kappa shape index (κ2) is 16.2. The Morgan fingerprint density at radius 3 is 2.20 bits per heavy atom. The summed E-state index contributed by atoms with van der Waals surface area (Å²) in [5.74, 6) is 0.0130. The predicted molar refractivity (Wildman–Crippen MR) is 187 cm³/mol. The molecule has 3 saturated heterocycles. The zero-order chi connectivity index (χ0) is 35.2. The summed E-state index contributed by atoms with van der Waals surface area (Å²) < 4.78 is 36.7. The van der Waals surface area contributed by atoms with Crippen LogP contribution in [-0.4, -0.2) is 61.8 Å². The SMILES string of the molecule is COc1ccc([C@H](Cc2c(Cl)cncc2Cl)OC(=O)c2ccc(CNC(C(=O)O[C@H]3CN4CCC3CC4)c3ccc(F)cc3)cc2)cc1OC. The maximum absolute atomic E-state index is 13.8. The van der Waals surface area contributed by atoms with Crippen LogP contribution in [0.2, 0.25) is 10.0 Å². The number of hydrogen-bond donors (Lipinski definition) is 1. The Bertz CT molecular complexity index is 1780. The Morgan fingerprint density at radius 1 is 0.920 bits per heavy atom. The van der Waals surface area contributed by atoms with Crippen LogP contribution in [0.4, 0.5) is 4.39 Å². The van der Waals surface area contributed by atoms with E-state index in [2.05, 4.69) is 15.2 Å². The number of hydrogen-bond acceptors (Lipinski definition) is 9. The van der Waals surface area contributed by atoms with Crippen LogP contribution < -0.4 is 14.8 Å². The smallest absolute Gasteiger partial charge is 0.338 e. The van der Waals surface area contributed by atoms with Gasteiger partial charge in [0.1, 0.15) is 24.1 Å². The minimum absolute atomic E-state index is 0.159. The summed E-state index contributed by atoms with van der Waals surface area (Å²) in [5, 5.41) is 3.99. The lowest BCUT2D eigenvalue weighted by molar-refractivity contribution is -0.161. The Morgan fingerprint density at radius 2 is 1.58 bits per heavy atom. The van der Waals surface area contributed by atoms with Gasteiger partial charge in [-0.3, -0.25) is 15.2 Å². The van der Waals surface area contributed by atoms with Gasteiger partial charge in [0.15, 0.2) is 11.5 Å². The topological polar surface area (TPSA) is 99.2 Å². The summed E-state index contributed by atoms with van der Waals surface area (Å²) in [5.41, 5.74) is 2.98. The summed E-state index contributed by atoms with van der Waals surface area (Å²) in [6.45, 7) is 3.10. The standard InChI is InChI=1S/C38H38Cl2FN3O6/c1-47-32-12-9-27(17-34(32)48-2)33(18-29-30(39)20-42-21-31(29)40)49-37(45)26-5-3-23(4-6-26)19-43-36(25-7-10-28(41)11-8-25)38(46)50-35-22-44-15-13-24(35)14-16-44/h3-12,17,20-21,24,33,35-36,43H,13-16,18-19,22H2,1-2H3/t33-,35-,36?/m0/s1. The fourth-order valence-corrected chi connectivity index (χ4v) is 7.05. The van der Waals surface area contributed by atoms with Crippen LogP contribution in [0.15, 0.2) is 79.1 Å². The predicted octanol–water partition coefficient (Wildman–Crippen LogP) is 7.15. The number of ether oxygens (including phenoxy) is 4. The average Bonchev–Trinajstić information content (AvgIpc) is 3.14. The lowest BCUT2D eigenvalue weighted by Gasteiger charge is -2.44. The number of piperidine rings is 3. The van der Waals surface area contributed by atoms with Gasteiger partial charge in [-0.2, -0.15) is 0 Å². The van der Waals surface area contributed by atoms with E-state index >= 15 is 0 Å². The van der Waals surface area contributed by atoms with Crippen molar-refractivity contribution in [3.8, 4) is 11.5 Å². The molecule has 3 aliphatic rings. The molecule has 50 heavy (non-hydrogen) atoms. The summed E-state index contributed by atoms with van der Waals surface area (Å²) in [6.07, 6.45) is 4.25. The highest BCUT2D eigenvalue weighted by Gasteiger charge is 2.38. The molecule has 2 bridgehead atoms. The number of nitrogens with zero attached hydrogens (tertiary/aromatic N) is 2. The van der Waals surface area contributed by atoms with E-state index in [4.69, 9.17) is 42.1 Å². The van der Waals surface area contributed by atoms with Gasteiger partial charge in [-0.1, -0.05) is 53.5 Å². The molecule has 7 rings (SSSR count). The fourth-order valence-electron chi connectivity index (χ4n) is 6.53. The molecule has 4 heterocycles. The van der Waals surface area contributed by atoms with Crippen LogP contribution in [0.1, 0.15) is 57.6 Å². The van der Waals surface area contributed by atoms with Crippen molar-refractivity contribution in [2.75, 3.05) is 33.9 Å². The lowest BCUT2D eigenvalue weighted by atomic mass is 9.86. The van der Waals surface area contributed by atoms with Crippen molar-refractivity contribution >= 4 is 35.1 Å². The molecule has 12 heteroatoms. The van der Waals surface area contributed by atoms with Crippen LogP contribution in [0.3, 0.4) is 0 Å². The number of methoxy groups -OCH3 is 2. The normalized spacial score (nSPS) is 19.3. The third-order valence-electron chi connectivity index (χ3n) is 9.37. The van der Waals surface area contributed by atoms with Crippen LogP contribution >= 0.6 is 23.2 Å². The molecule has 0 spiro atoms. The number of esters is 2. The van der Waals surface area contributed by atoms with Gasteiger partial charge in [-0.05, 0) is 90.5 Å². The molecule has 0 radical (unpaired) electrons. The summed E-state index contributed by atoms with van der Waals surface area (Å²) in [7, 11) is 3.07. The van der Waals surface area contributed by atoms with Gasteiger partial charge in [0, 0.05) is 31.9 Å². The van der Waals surface area contributed by atoms with E-state index in [-0.39, 0.29) is 18.3 Å². The van der Waals surface area contributed by atoms with E-state index in [1.165, 1.54) is 38.7 Å². The third kappa shape index (κ3) is 8.38. The molecule has 3 fully saturated rings. The number of benzene rings is 3. The maximum Gasteiger partial charge on any atom is 0.338 e. The molecule has 262 valence electrons. The van der Waals surface area contributed by atoms with Gasteiger partial charge < -0.3 is 18.9 Å². The quantitative estimate of drug-likeness (QED) is 0.144. The van der Waals surface area contributed by atoms with E-state index in [0.717, 1.165) is 38.0 Å². The first-order valence-electron chi connectivity index (χ1n) is 16.4. The molecule has 9 nitrogen and oxygen atoms in total. The second-order valence-electron chi connectivity index (χ2n) is 12.5. The zero-order valence-electron chi connectivity index (χ0n) is 27.7.